The molecule has 1 fully saturated rings. The molecule has 0 amide bonds. The van der Waals surface area contributed by atoms with Gasteiger partial charge in [0.15, 0.2) is 9.82 Å². The Labute approximate surface area is 659 Å². The third kappa shape index (κ3) is 31.1. The number of ether oxygens (including phenoxy) is 3. The number of unbranched alkanes of at least 4 members (excludes halogenated alkanes) is 1. The number of halogens is 9. The van der Waals surface area contributed by atoms with Crippen LogP contribution in [0, 0.1) is 24.2 Å². The molecule has 5 aromatic heterocycles. The Bertz CT molecular complexity index is 4400. The third-order valence-electron chi connectivity index (χ3n) is 13.8. The van der Waals surface area contributed by atoms with Gasteiger partial charge in [-0.05, 0) is 183 Å². The summed E-state index contributed by atoms with van der Waals surface area (Å²) in [6.45, 7) is 5.14. The van der Waals surface area contributed by atoms with Crippen molar-refractivity contribution in [3.8, 4) is 24.2 Å². The maximum absolute atomic E-state index is 12.7. The summed E-state index contributed by atoms with van der Waals surface area (Å²) in [6.07, 6.45) is 21.6. The summed E-state index contributed by atoms with van der Waals surface area (Å²) in [5.41, 5.74) is 21.6. The van der Waals surface area contributed by atoms with E-state index in [1.54, 1.807) is 76.4 Å². The number of nitrogens with two attached hydrogens (primary N) is 3. The van der Waals surface area contributed by atoms with Gasteiger partial charge in [-0.25, -0.2) is 34.5 Å². The minimum absolute atomic E-state index is 0. The average Bonchev–Trinajstić information content (AvgIpc) is 1.69. The van der Waals surface area contributed by atoms with Gasteiger partial charge in [-0.15, -0.1) is 41.2 Å². The van der Waals surface area contributed by atoms with Crippen molar-refractivity contribution in [1.29, 1.82) is 0 Å². The number of hydrogen-bond donors (Lipinski definition) is 3. The van der Waals surface area contributed by atoms with E-state index in [1.807, 2.05) is 81.3 Å². The van der Waals surface area contributed by atoms with E-state index in [9.17, 15) is 19.2 Å². The highest BCUT2D eigenvalue weighted by atomic mass is 79.9. The van der Waals surface area contributed by atoms with Crippen LogP contribution < -0.4 is 45.4 Å². The molecule has 1 unspecified atom stereocenters. The van der Waals surface area contributed by atoms with Gasteiger partial charge >= 0.3 is 11.9 Å². The van der Waals surface area contributed by atoms with Crippen molar-refractivity contribution >= 4 is 193 Å². The van der Waals surface area contributed by atoms with Crippen LogP contribution in [0.15, 0.2) is 160 Å². The molecule has 1 saturated heterocycles. The molecule has 6 N–H and O–H groups in total. The Kier molecular flexibility index (Phi) is 43.7. The highest BCUT2D eigenvalue weighted by molar-refractivity contribution is 9.11. The van der Waals surface area contributed by atoms with Crippen LogP contribution in [-0.4, -0.2) is 96.0 Å². The Morgan fingerprint density at radius 2 is 1.22 bits per heavy atom. The summed E-state index contributed by atoms with van der Waals surface area (Å²) < 4.78 is 25.0. The first-order valence-corrected chi connectivity index (χ1v) is 40.0. The second kappa shape index (κ2) is 50.1. The van der Waals surface area contributed by atoms with Gasteiger partial charge in [0.1, 0.15) is 27.7 Å². The Hall–Kier alpha value is -5.40. The van der Waals surface area contributed by atoms with Crippen molar-refractivity contribution < 1.29 is 36.2 Å². The number of alkyl halides is 3. The van der Waals surface area contributed by atoms with Gasteiger partial charge in [-0.3, -0.25) is 18.7 Å². The predicted octanol–water partition coefficient (Wildman–Crippen LogP) is 14.3. The lowest BCUT2D eigenvalue weighted by Gasteiger charge is -2.10. The third-order valence-corrected chi connectivity index (χ3v) is 21.1. The van der Waals surface area contributed by atoms with Crippen molar-refractivity contribution in [1.82, 2.24) is 33.4 Å². The number of anilines is 1. The zero-order valence-electron chi connectivity index (χ0n) is 54.9. The summed E-state index contributed by atoms with van der Waals surface area (Å²) >= 11 is 36.6. The van der Waals surface area contributed by atoms with Crippen molar-refractivity contribution in [2.45, 2.75) is 94.8 Å². The number of fused-ring (bicyclic) bond motifs is 4. The summed E-state index contributed by atoms with van der Waals surface area (Å²) in [5.74, 6) is 9.55. The number of pyridine rings is 2. The second-order valence-electron chi connectivity index (χ2n) is 20.9. The van der Waals surface area contributed by atoms with E-state index in [0.717, 1.165) is 155 Å². The van der Waals surface area contributed by atoms with Gasteiger partial charge in [0, 0.05) is 86.7 Å². The first kappa shape index (κ1) is 88.0. The minimum Gasteiger partial charge on any atom is -1.00 e. The number of carbonyl (C=O) groups excluding carboxylic acids is 2. The van der Waals surface area contributed by atoms with Gasteiger partial charge < -0.3 is 43.8 Å². The highest BCUT2D eigenvalue weighted by Gasteiger charge is 2.18. The molecule has 31 heteroatoms. The summed E-state index contributed by atoms with van der Waals surface area (Å²) in [4.78, 5) is 69.4. The maximum atomic E-state index is 12.7. The quantitative estimate of drug-likeness (QED) is 0.0349. The van der Waals surface area contributed by atoms with Gasteiger partial charge in [0.25, 0.3) is 11.1 Å². The molecular weight excluding hydrogens is 1690 g/mol. The predicted molar refractivity (Wildman–Crippen MR) is 426 cm³/mol. The zero-order valence-corrected chi connectivity index (χ0v) is 67.5. The standard InChI is InChI=1S/C20H17N3O.C13H13BrN2O.C10H6BrClN2O2S2.C8H8BrNO2.C7H5N.C4H12N2.C4H8O.C3H2Cl2S2.CH2Cl2.ClH/c24-20-17-11-9-15(8-10-16-6-3-4-12-21-16)14-18(17)22-19-7-2-1-5-13-23(19)20;14-9-5-6-10-11(8-9)15-12-4-2-1-3-7-16(12)13(10)17;1-16-10(15)6-3-2-5(11)4-7(6)13-9-8(12)14-18-17-9;1-12-8(11)6-3-2-5(9)4-7(6)10;1-2-7-5-3-4-6-8-7;5-3-1-2-4-6;1-2-4-5-3-1;4-2-1-6-7-3(2)5;2-1-3;/h3-4,6,9,11-12,14H,1-2,5,7,13H2;5-6,8H,1-4,7H2;2-4H,1H3;2-4H,10H2,1H3;1,3-6H;1-6H2;1-4H2;1,3H;1H2;1H/p-1. The van der Waals surface area contributed by atoms with Gasteiger partial charge in [-0.2, -0.15) is 4.37 Å². The number of carbonyl (C=O) groups is 2. The van der Waals surface area contributed by atoms with Crippen LogP contribution >= 0.6 is 148 Å². The molecule has 1 atom stereocenters. The van der Waals surface area contributed by atoms with Crippen LogP contribution in [-0.2, 0) is 40.1 Å². The van der Waals surface area contributed by atoms with E-state index in [2.05, 4.69) is 94.6 Å². The van der Waals surface area contributed by atoms with Crippen LogP contribution in [0.5, 0.6) is 0 Å². The highest BCUT2D eigenvalue weighted by Crippen LogP contribution is 2.44. The zero-order chi connectivity index (χ0) is 72.6. The van der Waals surface area contributed by atoms with Gasteiger partial charge in [0.2, 0.25) is 0 Å². The molecule has 0 saturated carbocycles. The van der Waals surface area contributed by atoms with Crippen LogP contribution in [0.4, 0.5) is 11.4 Å². The molecule has 0 bridgehead atoms. The number of methoxy groups -OCH3 is 2. The molecule has 9 aromatic rings. The van der Waals surface area contributed by atoms with Gasteiger partial charge in [-0.1, -0.05) is 129 Å². The Balaban J connectivity index is 0.000000255. The molecule has 4 aromatic carbocycles. The largest absolute Gasteiger partial charge is 1.00 e. The summed E-state index contributed by atoms with van der Waals surface area (Å²) in [6, 6.07) is 32.6. The SMILES string of the molecule is C#Cc1ccccn1.C1CCOC1.COC(=O)c1ccc(Br)cc1N.COC(=O)c1ccc(Br)cc1N=c1ssnc1Cl.ClC1=CSSC1Cl.ClCCl.NCCCCN.O=c1c2ccc(Br)cc2nc2n1CCCCC2.O=c1c2ccc(C#Cc3ccccn3)cc2nc2n1CCCCC2.[Cl-]. The van der Waals surface area contributed by atoms with E-state index in [0.29, 0.717) is 43.4 Å². The van der Waals surface area contributed by atoms with Crippen molar-refractivity contribution in [3.63, 3.8) is 0 Å². The lowest BCUT2D eigenvalue weighted by molar-refractivity contribution is -0.0000485. The first-order chi connectivity index (χ1) is 48.4. The smallest absolute Gasteiger partial charge is 0.340 e. The molecule has 9 heterocycles. The van der Waals surface area contributed by atoms with Crippen molar-refractivity contribution in [2.75, 3.05) is 51.6 Å². The first-order valence-electron chi connectivity index (χ1n) is 31.0. The van der Waals surface area contributed by atoms with Crippen molar-refractivity contribution in [3.05, 3.63) is 216 Å². The molecule has 538 valence electrons. The minimum atomic E-state index is -0.439. The lowest BCUT2D eigenvalue weighted by Crippen LogP contribution is -3.00. The molecule has 4 aliphatic heterocycles. The maximum Gasteiger partial charge on any atom is 0.340 e. The molecule has 13 rings (SSSR count). The molecule has 101 heavy (non-hydrogen) atoms. The molecule has 0 radical (unpaired) electrons. The number of benzene rings is 4. The van der Waals surface area contributed by atoms with E-state index in [-0.39, 0.29) is 33.6 Å². The molecule has 18 nitrogen and oxygen atoms in total. The van der Waals surface area contributed by atoms with E-state index < -0.39 is 11.9 Å². The topological polar surface area (TPSA) is 261 Å². The van der Waals surface area contributed by atoms with Crippen molar-refractivity contribution in [2.24, 2.45) is 16.5 Å². The second-order valence-corrected chi connectivity index (χ2v) is 30.0. The molecule has 0 aliphatic carbocycles. The number of rotatable bonds is 6. The van der Waals surface area contributed by atoms with E-state index in [4.69, 9.17) is 96.1 Å². The van der Waals surface area contributed by atoms with E-state index >= 15 is 0 Å². The lowest BCUT2D eigenvalue weighted by atomic mass is 10.1. The fourth-order valence-corrected chi connectivity index (χ4v) is 14.8. The van der Waals surface area contributed by atoms with Crippen LogP contribution in [0.25, 0.3) is 21.8 Å². The molecular formula is C70H73Br3Cl6N11O7S4-. The Morgan fingerprint density at radius 1 is 0.693 bits per heavy atom. The number of hydrogen-bond acceptors (Lipinski definition) is 20. The fourth-order valence-electron chi connectivity index (χ4n) is 8.97. The normalized spacial score (nSPS) is 13.7. The van der Waals surface area contributed by atoms with Crippen LogP contribution in [0.2, 0.25) is 5.15 Å². The fraction of sp³-hybridized carbons (Fsp3) is 0.314. The Morgan fingerprint density at radius 3 is 1.67 bits per heavy atom. The number of nitrogens with zero attached hydrogens (tertiary/aromatic N) is 8. The monoisotopic (exact) mass is 1750 g/mol. The van der Waals surface area contributed by atoms with Crippen LogP contribution in [0.3, 0.4) is 0 Å². The number of esters is 2. The van der Waals surface area contributed by atoms with E-state index in [1.165, 1.54) is 54.4 Å². The summed E-state index contributed by atoms with van der Waals surface area (Å²) in [7, 11) is 8.39. The number of aromatic nitrogens is 7. The molecule has 0 spiro atoms. The van der Waals surface area contributed by atoms with Crippen LogP contribution in [0.1, 0.15) is 114 Å². The number of aryl methyl sites for hydroxylation is 2. The average molecular weight is 1760 g/mol. The molecule has 4 aliphatic rings. The number of terminal acetylenes is 1. The summed E-state index contributed by atoms with van der Waals surface area (Å²) in [5, 5.41) is 4.52. The number of nitrogen functional groups attached to an aromatic ring is 1. The van der Waals surface area contributed by atoms with Gasteiger partial charge in [0.05, 0.1) is 63.2 Å².